The minimum atomic E-state index is -0.519. The van der Waals surface area contributed by atoms with Crippen LogP contribution >= 0.6 is 0 Å². The Kier molecular flexibility index (Phi) is 4.83. The summed E-state index contributed by atoms with van der Waals surface area (Å²) >= 11 is 0. The first kappa shape index (κ1) is 15.4. The number of rotatable bonds is 5. The number of para-hydroxylation sites is 1. The Labute approximate surface area is 125 Å². The number of carbonyl (C=O) groups excluding carboxylic acids is 2. The van der Waals surface area contributed by atoms with Gasteiger partial charge in [0.15, 0.2) is 6.10 Å². The van der Waals surface area contributed by atoms with Crippen molar-refractivity contribution >= 4 is 11.8 Å². The van der Waals surface area contributed by atoms with Gasteiger partial charge in [-0.25, -0.2) is 0 Å². The zero-order valence-electron chi connectivity index (χ0n) is 12.8. The van der Waals surface area contributed by atoms with Crippen LogP contribution in [0.25, 0.3) is 0 Å². The maximum absolute atomic E-state index is 12.5. The summed E-state index contributed by atoms with van der Waals surface area (Å²) in [6, 6.07) is 7.72. The predicted octanol–water partition coefficient (Wildman–Crippen LogP) is 1.36. The standard InChI is InChI=1S/C16H22N2O3/c1-4-18(10-15(19)17-11(2)3)16(20)14-9-12-7-5-6-8-13(12)21-14/h5-8,11,14H,4,9-10H2,1-3H3,(H,17,19). The van der Waals surface area contributed by atoms with Gasteiger partial charge in [-0.15, -0.1) is 0 Å². The van der Waals surface area contributed by atoms with Gasteiger partial charge in [-0.05, 0) is 32.4 Å². The predicted molar refractivity (Wildman–Crippen MR) is 80.1 cm³/mol. The number of nitrogens with zero attached hydrogens (tertiary/aromatic N) is 1. The summed E-state index contributed by atoms with van der Waals surface area (Å²) in [6.07, 6.45) is 0.0475. The molecule has 0 fully saturated rings. The van der Waals surface area contributed by atoms with E-state index in [0.717, 1.165) is 11.3 Å². The molecule has 2 rings (SSSR count). The normalized spacial score (nSPS) is 16.3. The van der Waals surface area contributed by atoms with Crippen LogP contribution in [-0.2, 0) is 16.0 Å². The molecule has 0 aromatic heterocycles. The molecule has 0 spiro atoms. The second-order valence-electron chi connectivity index (χ2n) is 5.49. The van der Waals surface area contributed by atoms with E-state index >= 15 is 0 Å². The van der Waals surface area contributed by atoms with Gasteiger partial charge in [-0.3, -0.25) is 9.59 Å². The number of ether oxygens (including phenoxy) is 1. The highest BCUT2D eigenvalue weighted by molar-refractivity contribution is 5.88. The van der Waals surface area contributed by atoms with Gasteiger partial charge in [0.2, 0.25) is 5.91 Å². The number of hydrogen-bond donors (Lipinski definition) is 1. The van der Waals surface area contributed by atoms with E-state index in [1.807, 2.05) is 45.0 Å². The topological polar surface area (TPSA) is 58.6 Å². The lowest BCUT2D eigenvalue weighted by atomic mass is 10.1. The molecule has 114 valence electrons. The van der Waals surface area contributed by atoms with Crippen molar-refractivity contribution in [1.29, 1.82) is 0 Å². The second kappa shape index (κ2) is 6.61. The molecule has 1 unspecified atom stereocenters. The molecule has 5 nitrogen and oxygen atoms in total. The van der Waals surface area contributed by atoms with Gasteiger partial charge >= 0.3 is 0 Å². The number of likely N-dealkylation sites (N-methyl/N-ethyl adjacent to an activating group) is 1. The summed E-state index contributed by atoms with van der Waals surface area (Å²) in [5.74, 6) is 0.488. The third-order valence-electron chi connectivity index (χ3n) is 3.40. The third-order valence-corrected chi connectivity index (χ3v) is 3.40. The fraction of sp³-hybridized carbons (Fsp3) is 0.500. The molecule has 1 aliphatic rings. The van der Waals surface area contributed by atoms with Crippen molar-refractivity contribution in [3.8, 4) is 5.75 Å². The average Bonchev–Trinajstić information content (AvgIpc) is 2.87. The van der Waals surface area contributed by atoms with Crippen LogP contribution in [0.1, 0.15) is 26.3 Å². The lowest BCUT2D eigenvalue weighted by Gasteiger charge is -2.23. The lowest BCUT2D eigenvalue weighted by Crippen LogP contribution is -2.47. The van der Waals surface area contributed by atoms with Gasteiger partial charge in [0.25, 0.3) is 5.91 Å². The third kappa shape index (κ3) is 3.74. The van der Waals surface area contributed by atoms with Gasteiger partial charge in [0.05, 0.1) is 6.54 Å². The first-order valence-corrected chi connectivity index (χ1v) is 7.34. The first-order valence-electron chi connectivity index (χ1n) is 7.34. The molecule has 1 aromatic carbocycles. The van der Waals surface area contributed by atoms with E-state index in [9.17, 15) is 9.59 Å². The highest BCUT2D eigenvalue weighted by Gasteiger charge is 2.32. The number of carbonyl (C=O) groups is 2. The van der Waals surface area contributed by atoms with Gasteiger partial charge in [-0.2, -0.15) is 0 Å². The molecular weight excluding hydrogens is 268 g/mol. The van der Waals surface area contributed by atoms with E-state index in [1.165, 1.54) is 4.90 Å². The number of nitrogens with one attached hydrogen (secondary N) is 1. The molecule has 0 saturated carbocycles. The summed E-state index contributed by atoms with van der Waals surface area (Å²) in [7, 11) is 0. The maximum atomic E-state index is 12.5. The summed E-state index contributed by atoms with van der Waals surface area (Å²) in [5, 5.41) is 2.80. The molecule has 1 heterocycles. The molecule has 1 N–H and O–H groups in total. The Morgan fingerprint density at radius 1 is 1.38 bits per heavy atom. The van der Waals surface area contributed by atoms with Crippen LogP contribution in [0.3, 0.4) is 0 Å². The summed E-state index contributed by atoms with van der Waals surface area (Å²) in [4.78, 5) is 25.8. The molecule has 1 aliphatic heterocycles. The van der Waals surface area contributed by atoms with E-state index in [0.29, 0.717) is 13.0 Å². The maximum Gasteiger partial charge on any atom is 0.264 e. The molecule has 0 bridgehead atoms. The average molecular weight is 290 g/mol. The molecule has 2 amide bonds. The molecule has 5 heteroatoms. The van der Waals surface area contributed by atoms with E-state index in [1.54, 1.807) is 0 Å². The van der Waals surface area contributed by atoms with Crippen LogP contribution in [0.2, 0.25) is 0 Å². The SMILES string of the molecule is CCN(CC(=O)NC(C)C)C(=O)C1Cc2ccccc2O1. The summed E-state index contributed by atoms with van der Waals surface area (Å²) in [6.45, 7) is 6.21. The van der Waals surface area contributed by atoms with Crippen LogP contribution in [0.4, 0.5) is 0 Å². The zero-order valence-corrected chi connectivity index (χ0v) is 12.8. The van der Waals surface area contributed by atoms with Crippen LogP contribution in [0, 0.1) is 0 Å². The van der Waals surface area contributed by atoms with Crippen LogP contribution < -0.4 is 10.1 Å². The van der Waals surface area contributed by atoms with E-state index in [2.05, 4.69) is 5.32 Å². The van der Waals surface area contributed by atoms with Crippen molar-refractivity contribution < 1.29 is 14.3 Å². The monoisotopic (exact) mass is 290 g/mol. The zero-order chi connectivity index (χ0) is 15.4. The highest BCUT2D eigenvalue weighted by Crippen LogP contribution is 2.28. The van der Waals surface area contributed by atoms with Crippen molar-refractivity contribution in [1.82, 2.24) is 10.2 Å². The molecule has 0 saturated heterocycles. The van der Waals surface area contributed by atoms with Crippen LogP contribution in [0.15, 0.2) is 24.3 Å². The van der Waals surface area contributed by atoms with Crippen LogP contribution in [0.5, 0.6) is 5.75 Å². The van der Waals surface area contributed by atoms with Crippen molar-refractivity contribution in [3.05, 3.63) is 29.8 Å². The van der Waals surface area contributed by atoms with E-state index < -0.39 is 6.10 Å². The summed E-state index contributed by atoms with van der Waals surface area (Å²) in [5.41, 5.74) is 1.04. The quantitative estimate of drug-likeness (QED) is 0.891. The minimum Gasteiger partial charge on any atom is -0.480 e. The Hall–Kier alpha value is -2.04. The van der Waals surface area contributed by atoms with Crippen molar-refractivity contribution in [2.75, 3.05) is 13.1 Å². The Bertz CT molecular complexity index is 503. The molecule has 0 aliphatic carbocycles. The molecule has 21 heavy (non-hydrogen) atoms. The number of fused-ring (bicyclic) bond motifs is 1. The molecule has 0 radical (unpaired) electrons. The Morgan fingerprint density at radius 2 is 2.10 bits per heavy atom. The second-order valence-corrected chi connectivity index (χ2v) is 5.49. The van der Waals surface area contributed by atoms with Crippen molar-refractivity contribution in [2.24, 2.45) is 0 Å². The van der Waals surface area contributed by atoms with Crippen molar-refractivity contribution in [2.45, 2.75) is 39.3 Å². The van der Waals surface area contributed by atoms with Crippen molar-refractivity contribution in [3.63, 3.8) is 0 Å². The number of benzene rings is 1. The Morgan fingerprint density at radius 3 is 2.71 bits per heavy atom. The van der Waals surface area contributed by atoms with E-state index in [-0.39, 0.29) is 24.4 Å². The van der Waals surface area contributed by atoms with E-state index in [4.69, 9.17) is 4.74 Å². The summed E-state index contributed by atoms with van der Waals surface area (Å²) < 4.78 is 5.69. The van der Waals surface area contributed by atoms with Crippen LogP contribution in [-0.4, -0.2) is 41.9 Å². The van der Waals surface area contributed by atoms with Gasteiger partial charge < -0.3 is 15.0 Å². The highest BCUT2D eigenvalue weighted by atomic mass is 16.5. The number of amides is 2. The molecule has 1 aromatic rings. The largest absolute Gasteiger partial charge is 0.480 e. The fourth-order valence-electron chi connectivity index (χ4n) is 2.41. The fourth-order valence-corrected chi connectivity index (χ4v) is 2.41. The Balaban J connectivity index is 1.97. The lowest BCUT2D eigenvalue weighted by molar-refractivity contribution is -0.141. The molecule has 1 atom stereocenters. The smallest absolute Gasteiger partial charge is 0.264 e. The minimum absolute atomic E-state index is 0.0679. The van der Waals surface area contributed by atoms with Gasteiger partial charge in [0, 0.05) is 19.0 Å². The first-order chi connectivity index (χ1) is 10.0. The van der Waals surface area contributed by atoms with Gasteiger partial charge in [0.1, 0.15) is 5.75 Å². The van der Waals surface area contributed by atoms with Gasteiger partial charge in [-0.1, -0.05) is 18.2 Å². The number of hydrogen-bond acceptors (Lipinski definition) is 3. The molecular formula is C16H22N2O3.